The molecule has 2 atom stereocenters. The summed E-state index contributed by atoms with van der Waals surface area (Å²) in [7, 11) is 5.27. The molecule has 0 bridgehead atoms. The smallest absolute Gasteiger partial charge is 0 e. The third kappa shape index (κ3) is 10.9. The van der Waals surface area contributed by atoms with Crippen molar-refractivity contribution in [2.24, 2.45) is 0 Å². The predicted molar refractivity (Wildman–Crippen MR) is 29.2 cm³/mol. The Morgan fingerprint density at radius 3 is 1.20 bits per heavy atom. The van der Waals surface area contributed by atoms with E-state index in [9.17, 15) is 0 Å². The van der Waals surface area contributed by atoms with Crippen LogP contribution in [-0.4, -0.2) is 12.3 Å². The molecule has 2 unspecified atom stereocenters. The van der Waals surface area contributed by atoms with Gasteiger partial charge in [0.05, 0.1) is 0 Å². The molecule has 0 spiro atoms. The first-order chi connectivity index (χ1) is 1.91. The van der Waals surface area contributed by atoms with Gasteiger partial charge in [0.2, 0.25) is 0 Å². The van der Waals surface area contributed by atoms with Gasteiger partial charge in [0.25, 0.3) is 0 Å². The summed E-state index contributed by atoms with van der Waals surface area (Å²) in [6.45, 7) is 0. The van der Waals surface area contributed by atoms with E-state index in [0.29, 0.717) is 0 Å². The van der Waals surface area contributed by atoms with E-state index in [1.54, 1.807) is 0 Å². The van der Waals surface area contributed by atoms with Crippen LogP contribution in [0.25, 0.3) is 0 Å². The van der Waals surface area contributed by atoms with Crippen LogP contribution < -0.4 is 0 Å². The van der Waals surface area contributed by atoms with E-state index in [-0.39, 0.29) is 16.5 Å². The third-order valence-corrected chi connectivity index (χ3v) is 1.50. The van der Waals surface area contributed by atoms with Crippen molar-refractivity contribution in [3.05, 3.63) is 0 Å². The molecule has 36 valence electrons. The number of hydrogen-bond donors (Lipinski definition) is 0. The molecule has 0 heterocycles. The van der Waals surface area contributed by atoms with Gasteiger partial charge < -0.3 is 0 Å². The maximum Gasteiger partial charge on any atom is 0 e. The molecule has 0 aliphatic heterocycles. The minimum atomic E-state index is 0. The van der Waals surface area contributed by atoms with E-state index >= 15 is 0 Å². The Balaban J connectivity index is 0. The van der Waals surface area contributed by atoms with Gasteiger partial charge in [0.1, 0.15) is 0 Å². The summed E-state index contributed by atoms with van der Waals surface area (Å²) < 4.78 is 0. The Labute approximate surface area is 47.8 Å². The predicted octanol–water partition coefficient (Wildman–Crippen LogP) is 0.734. The summed E-state index contributed by atoms with van der Waals surface area (Å²) >= 11 is 0. The van der Waals surface area contributed by atoms with E-state index < -0.39 is 0 Å². The summed E-state index contributed by atoms with van der Waals surface area (Å²) in [6, 6.07) is 0. The molecule has 0 fully saturated rings. The van der Waals surface area contributed by atoms with Gasteiger partial charge in [-0.25, -0.2) is 0 Å². The molecule has 0 saturated carbocycles. The maximum atomic E-state index is 2.63. The van der Waals surface area contributed by atoms with Crippen molar-refractivity contribution in [3.63, 3.8) is 0 Å². The Morgan fingerprint density at radius 2 is 1.20 bits per heavy atom. The Hall–Kier alpha value is 1.35. The van der Waals surface area contributed by atoms with Crippen LogP contribution in [0.15, 0.2) is 0 Å². The van der Waals surface area contributed by atoms with E-state index in [0.717, 1.165) is 0 Å². The molecule has 0 aromatic carbocycles. The molecule has 0 aromatic heterocycles. The molecule has 0 aliphatic carbocycles. The normalized spacial score (nSPS) is 6.00. The summed E-state index contributed by atoms with van der Waals surface area (Å²) in [6.07, 6.45) is 2.40. The van der Waals surface area contributed by atoms with Crippen LogP contribution in [0.4, 0.5) is 0 Å². The SMILES string of the molecule is PCCP.[Ni]. The van der Waals surface area contributed by atoms with Gasteiger partial charge in [-0.15, -0.1) is 18.5 Å². The molecule has 0 rings (SSSR count). The molecule has 0 aliphatic rings. The molecule has 5 heavy (non-hydrogen) atoms. The van der Waals surface area contributed by atoms with Gasteiger partial charge in [0, 0.05) is 16.5 Å². The third-order valence-electron chi connectivity index (χ3n) is 0.167. The van der Waals surface area contributed by atoms with Crippen molar-refractivity contribution in [2.45, 2.75) is 0 Å². The monoisotopic (exact) mass is 152 g/mol. The molecule has 0 N–H and O–H groups in total. The largest absolute Gasteiger partial charge is 0.137 e. The molecule has 3 heteroatoms. The van der Waals surface area contributed by atoms with E-state index in [4.69, 9.17) is 0 Å². The Morgan fingerprint density at radius 1 is 1.00 bits per heavy atom. The van der Waals surface area contributed by atoms with Crippen molar-refractivity contribution >= 4 is 18.5 Å². The zero-order valence-corrected chi connectivity index (χ0v) is 6.18. The molecule has 0 saturated heterocycles. The average Bonchev–Trinajstić information content (AvgIpc) is 1.37. The summed E-state index contributed by atoms with van der Waals surface area (Å²) in [5.74, 6) is 0. The van der Waals surface area contributed by atoms with Crippen molar-refractivity contribution in [2.75, 3.05) is 12.3 Å². The summed E-state index contributed by atoms with van der Waals surface area (Å²) in [5, 5.41) is 0. The zero-order chi connectivity index (χ0) is 3.41. The van der Waals surface area contributed by atoms with E-state index in [1.807, 2.05) is 0 Å². The second kappa shape index (κ2) is 9.02. The van der Waals surface area contributed by atoms with Crippen molar-refractivity contribution < 1.29 is 16.5 Å². The van der Waals surface area contributed by atoms with E-state index in [2.05, 4.69) is 18.5 Å². The van der Waals surface area contributed by atoms with Crippen LogP contribution in [0.5, 0.6) is 0 Å². The fourth-order valence-electron chi connectivity index (χ4n) is 0. The molecule has 0 radical (unpaired) electrons. The second-order valence-electron chi connectivity index (χ2n) is 0.577. The Bertz CT molecular complexity index is 9.61. The van der Waals surface area contributed by atoms with Gasteiger partial charge in [-0.05, 0) is 12.3 Å². The van der Waals surface area contributed by atoms with Crippen molar-refractivity contribution in [3.8, 4) is 0 Å². The minimum Gasteiger partial charge on any atom is -0.137 e. The van der Waals surface area contributed by atoms with Gasteiger partial charge >= 0.3 is 0 Å². The van der Waals surface area contributed by atoms with E-state index in [1.165, 1.54) is 12.3 Å². The fraction of sp³-hybridized carbons (Fsp3) is 1.00. The molecule has 0 nitrogen and oxygen atoms in total. The summed E-state index contributed by atoms with van der Waals surface area (Å²) in [4.78, 5) is 0. The number of hydrogen-bond acceptors (Lipinski definition) is 0. The van der Waals surface area contributed by atoms with Gasteiger partial charge in [0.15, 0.2) is 0 Å². The van der Waals surface area contributed by atoms with Gasteiger partial charge in [-0.3, -0.25) is 0 Å². The molecule has 0 amide bonds. The fourth-order valence-corrected chi connectivity index (χ4v) is 0. The van der Waals surface area contributed by atoms with Crippen LogP contribution in [0.2, 0.25) is 0 Å². The first-order valence-electron chi connectivity index (χ1n) is 1.32. The van der Waals surface area contributed by atoms with Gasteiger partial charge in [-0.2, -0.15) is 0 Å². The van der Waals surface area contributed by atoms with Crippen LogP contribution in [0, 0.1) is 0 Å². The zero-order valence-electron chi connectivity index (χ0n) is 2.89. The van der Waals surface area contributed by atoms with Crippen LogP contribution in [0.1, 0.15) is 0 Å². The topological polar surface area (TPSA) is 0 Å². The van der Waals surface area contributed by atoms with Crippen molar-refractivity contribution in [1.29, 1.82) is 0 Å². The molecule has 0 aromatic rings. The van der Waals surface area contributed by atoms with Gasteiger partial charge in [-0.1, -0.05) is 0 Å². The quantitative estimate of drug-likeness (QED) is 0.384. The minimum absolute atomic E-state index is 0. The van der Waals surface area contributed by atoms with Crippen LogP contribution in [-0.2, 0) is 16.5 Å². The Kier molecular flexibility index (Phi) is 17.3. The van der Waals surface area contributed by atoms with Crippen LogP contribution >= 0.6 is 18.5 Å². The standard InChI is InChI=1S/C2H8P2.Ni/c3-1-2-4;/h1-4H2;. The first kappa shape index (κ1) is 9.61. The second-order valence-corrected chi connectivity index (χ2v) is 1.73. The summed E-state index contributed by atoms with van der Waals surface area (Å²) in [5.41, 5.74) is 0. The molecular formula is C2H8NiP2. The van der Waals surface area contributed by atoms with Crippen LogP contribution in [0.3, 0.4) is 0 Å². The van der Waals surface area contributed by atoms with Crippen molar-refractivity contribution in [1.82, 2.24) is 0 Å². The first-order valence-corrected chi connectivity index (χ1v) is 2.95. The average molecular weight is 153 g/mol. The molecular weight excluding hydrogens is 145 g/mol. The number of rotatable bonds is 1. The maximum absolute atomic E-state index is 2.63.